The summed E-state index contributed by atoms with van der Waals surface area (Å²) in [5, 5.41) is 1.35. The van der Waals surface area contributed by atoms with Gasteiger partial charge in [-0.15, -0.1) is 0 Å². The molecular weight excluding hydrogens is 820 g/mol. The molecule has 0 nitrogen and oxygen atoms in total. The molecular formula is C56H74Cl2F4. The number of allylic oxidation sites excluding steroid dienone is 2. The van der Waals surface area contributed by atoms with Crippen molar-refractivity contribution in [2.45, 2.75) is 142 Å². The average molecular weight is 894 g/mol. The summed E-state index contributed by atoms with van der Waals surface area (Å²) in [4.78, 5) is 0. The van der Waals surface area contributed by atoms with Gasteiger partial charge in [0.1, 0.15) is 23.3 Å². The van der Waals surface area contributed by atoms with Crippen LogP contribution in [0.15, 0.2) is 96.6 Å². The molecule has 6 heteroatoms. The highest BCUT2D eigenvalue weighted by Crippen LogP contribution is 2.27. The minimum atomic E-state index is -0.475. The Labute approximate surface area is 384 Å². The van der Waals surface area contributed by atoms with Gasteiger partial charge in [0, 0.05) is 21.2 Å². The van der Waals surface area contributed by atoms with Gasteiger partial charge in [0.2, 0.25) is 0 Å². The van der Waals surface area contributed by atoms with Crippen LogP contribution in [-0.4, -0.2) is 0 Å². The predicted octanol–water partition coefficient (Wildman–Crippen LogP) is 19.0. The lowest BCUT2D eigenvalue weighted by Gasteiger charge is -2.22. The standard InChI is InChI=1S/C8H8ClF.C8H9Cl.C8H8F2.C8H9F.C8H16.C8H14.C8H10/c1-5-3-7(9)6(2)8(10)4-5;1-6-3-4-7(2)8(9)5-6;1-5-3-7(9)6(2)8(10)4-5;1-6-3-4-7(2)8(9)5-6;3*1-7-3-5-8(2)6-4-7/h3-4H,1-2H3;3-5H,1-2H3;3-4H,1-2H3;3-5H,1-2H3;7-8H,3-6H2,1-2H3;3,8H,4-6H2,1-2H3;3-6H,1-2H3. The van der Waals surface area contributed by atoms with Crippen LogP contribution in [0.4, 0.5) is 17.6 Å². The van der Waals surface area contributed by atoms with Crippen molar-refractivity contribution in [3.8, 4) is 0 Å². The maximum atomic E-state index is 12.8. The second-order valence-electron chi connectivity index (χ2n) is 17.7. The van der Waals surface area contributed by atoms with Crippen molar-refractivity contribution in [3.63, 3.8) is 0 Å². The Morgan fingerprint density at radius 2 is 0.758 bits per heavy atom. The fourth-order valence-electron chi connectivity index (χ4n) is 6.10. The average Bonchev–Trinajstić information content (AvgIpc) is 3.21. The topological polar surface area (TPSA) is 0 Å². The van der Waals surface area contributed by atoms with Crippen molar-refractivity contribution < 1.29 is 17.6 Å². The zero-order valence-electron chi connectivity index (χ0n) is 40.1. The summed E-state index contributed by atoms with van der Waals surface area (Å²) >= 11 is 11.5. The van der Waals surface area contributed by atoms with E-state index in [0.717, 1.165) is 39.5 Å². The number of hydrogen-bond acceptors (Lipinski definition) is 0. The highest BCUT2D eigenvalue weighted by molar-refractivity contribution is 6.31. The van der Waals surface area contributed by atoms with Gasteiger partial charge in [-0.3, -0.25) is 0 Å². The van der Waals surface area contributed by atoms with Gasteiger partial charge in [0.05, 0.1) is 0 Å². The highest BCUT2D eigenvalue weighted by atomic mass is 35.5. The molecule has 0 amide bonds. The predicted molar refractivity (Wildman–Crippen MR) is 263 cm³/mol. The molecule has 0 saturated heterocycles. The van der Waals surface area contributed by atoms with Crippen LogP contribution in [-0.2, 0) is 0 Å². The minimum absolute atomic E-state index is 0.0885. The molecule has 0 aromatic heterocycles. The van der Waals surface area contributed by atoms with Gasteiger partial charge < -0.3 is 0 Å². The van der Waals surface area contributed by atoms with Gasteiger partial charge in [-0.25, -0.2) is 17.6 Å². The van der Waals surface area contributed by atoms with E-state index in [0.29, 0.717) is 21.7 Å². The van der Waals surface area contributed by atoms with Crippen LogP contribution in [0.25, 0.3) is 0 Å². The zero-order valence-corrected chi connectivity index (χ0v) is 41.6. The first-order valence-corrected chi connectivity index (χ1v) is 22.7. The molecule has 1 unspecified atom stereocenters. The van der Waals surface area contributed by atoms with Crippen LogP contribution in [0.2, 0.25) is 10.0 Å². The summed E-state index contributed by atoms with van der Waals surface area (Å²) in [5.41, 5.74) is 10.4. The lowest BCUT2D eigenvalue weighted by atomic mass is 9.84. The van der Waals surface area contributed by atoms with Gasteiger partial charge in [-0.05, 0) is 183 Å². The number of rotatable bonds is 0. The summed E-state index contributed by atoms with van der Waals surface area (Å²) in [5.74, 6) is 1.69. The molecule has 2 aliphatic carbocycles. The van der Waals surface area contributed by atoms with Crippen molar-refractivity contribution >= 4 is 23.2 Å². The largest absolute Gasteiger partial charge is 0.207 e. The van der Waals surface area contributed by atoms with Crippen LogP contribution < -0.4 is 0 Å². The molecule has 0 N–H and O–H groups in total. The van der Waals surface area contributed by atoms with Crippen LogP contribution in [0.5, 0.6) is 0 Å². The van der Waals surface area contributed by atoms with Gasteiger partial charge in [0.15, 0.2) is 0 Å². The van der Waals surface area contributed by atoms with Crippen molar-refractivity contribution in [1.82, 2.24) is 0 Å². The van der Waals surface area contributed by atoms with Crippen LogP contribution in [0.3, 0.4) is 0 Å². The minimum Gasteiger partial charge on any atom is -0.207 e. The van der Waals surface area contributed by atoms with E-state index in [1.165, 1.54) is 92.8 Å². The van der Waals surface area contributed by atoms with Crippen LogP contribution >= 0.6 is 23.2 Å². The fourth-order valence-corrected chi connectivity index (χ4v) is 6.60. The molecule has 0 bridgehead atoms. The SMILES string of the molecule is CC1=CCC(C)CC1.CC1CCC(C)CC1.Cc1cc(F)c(C)c(Cl)c1.Cc1cc(F)c(C)c(F)c1.Cc1ccc(C)c(Cl)c1.Cc1ccc(C)c(F)c1.Cc1ccc(C)cc1. The Kier molecular flexibility index (Phi) is 26.7. The summed E-state index contributed by atoms with van der Waals surface area (Å²) in [6.45, 7) is 27.7. The van der Waals surface area contributed by atoms with Gasteiger partial charge in [-0.2, -0.15) is 0 Å². The number of benzene rings is 5. The highest BCUT2D eigenvalue weighted by Gasteiger charge is 2.13. The first-order chi connectivity index (χ1) is 29.0. The Bertz CT molecular complexity index is 1910. The van der Waals surface area contributed by atoms with Gasteiger partial charge >= 0.3 is 0 Å². The van der Waals surface area contributed by atoms with Crippen LogP contribution in [0, 0.1) is 110 Å². The molecule has 7 rings (SSSR count). The lowest BCUT2D eigenvalue weighted by molar-refractivity contribution is 0.308. The Balaban J connectivity index is 0.000000362. The summed E-state index contributed by atoms with van der Waals surface area (Å²) in [6, 6.07) is 25.6. The van der Waals surface area contributed by atoms with Crippen molar-refractivity contribution in [3.05, 3.63) is 186 Å². The first-order valence-electron chi connectivity index (χ1n) is 22.0. The van der Waals surface area contributed by atoms with E-state index in [9.17, 15) is 17.6 Å². The molecule has 1 fully saturated rings. The maximum Gasteiger partial charge on any atom is 0.129 e. The number of aryl methyl sites for hydroxylation is 8. The number of hydrogen-bond donors (Lipinski definition) is 0. The maximum absolute atomic E-state index is 12.8. The summed E-state index contributed by atoms with van der Waals surface area (Å²) in [6.07, 6.45) is 12.3. The van der Waals surface area contributed by atoms with Gasteiger partial charge in [-0.1, -0.05) is 141 Å². The summed E-state index contributed by atoms with van der Waals surface area (Å²) < 4.78 is 50.5. The van der Waals surface area contributed by atoms with E-state index >= 15 is 0 Å². The van der Waals surface area contributed by atoms with Crippen molar-refractivity contribution in [1.29, 1.82) is 0 Å². The Morgan fingerprint density at radius 1 is 0.387 bits per heavy atom. The molecule has 2 aliphatic rings. The molecule has 0 radical (unpaired) electrons. The van der Waals surface area contributed by atoms with Crippen LogP contribution in [0.1, 0.15) is 128 Å². The second-order valence-corrected chi connectivity index (χ2v) is 18.5. The van der Waals surface area contributed by atoms with E-state index in [1.54, 1.807) is 38.5 Å². The second kappa shape index (κ2) is 29.5. The molecule has 1 atom stereocenters. The smallest absolute Gasteiger partial charge is 0.129 e. The third-order valence-electron chi connectivity index (χ3n) is 10.9. The van der Waals surface area contributed by atoms with Gasteiger partial charge in [0.25, 0.3) is 0 Å². The summed E-state index contributed by atoms with van der Waals surface area (Å²) in [7, 11) is 0. The van der Waals surface area contributed by atoms with E-state index in [4.69, 9.17) is 23.2 Å². The third kappa shape index (κ3) is 24.1. The normalized spacial score (nSPS) is 16.2. The van der Waals surface area contributed by atoms with E-state index in [1.807, 2.05) is 45.9 Å². The molecule has 5 aromatic rings. The first kappa shape index (κ1) is 56.2. The zero-order chi connectivity index (χ0) is 47.1. The Hall–Kier alpha value is -3.86. The van der Waals surface area contributed by atoms with Crippen molar-refractivity contribution in [2.75, 3.05) is 0 Å². The van der Waals surface area contributed by atoms with E-state index in [2.05, 4.69) is 78.0 Å². The third-order valence-corrected chi connectivity index (χ3v) is 11.7. The van der Waals surface area contributed by atoms with E-state index < -0.39 is 11.6 Å². The molecule has 0 spiro atoms. The molecule has 1 saturated carbocycles. The quantitative estimate of drug-likeness (QED) is 0.107. The monoisotopic (exact) mass is 893 g/mol. The molecule has 0 heterocycles. The molecule has 0 aliphatic heterocycles. The number of halogens is 6. The molecule has 62 heavy (non-hydrogen) atoms. The Morgan fingerprint density at radius 3 is 1.11 bits per heavy atom. The van der Waals surface area contributed by atoms with E-state index in [-0.39, 0.29) is 17.2 Å². The molecule has 340 valence electrons. The lowest BCUT2D eigenvalue weighted by Crippen LogP contribution is -2.08. The fraction of sp³-hybridized carbons (Fsp3) is 0.429. The van der Waals surface area contributed by atoms with Crippen molar-refractivity contribution in [2.24, 2.45) is 17.8 Å². The molecule has 5 aromatic carbocycles.